The fourth-order valence-corrected chi connectivity index (χ4v) is 1.99. The van der Waals surface area contributed by atoms with Crippen molar-refractivity contribution >= 4 is 27.8 Å². The Hall–Kier alpha value is -1.56. The lowest BCUT2D eigenvalue weighted by Crippen LogP contribution is -2.30. The van der Waals surface area contributed by atoms with E-state index in [1.807, 2.05) is 0 Å². The van der Waals surface area contributed by atoms with Crippen molar-refractivity contribution in [2.45, 2.75) is 6.92 Å². The molecule has 1 aromatic rings. The molecule has 0 aliphatic carbocycles. The number of amides is 1. The number of ether oxygens (including phenoxy) is 2. The van der Waals surface area contributed by atoms with Gasteiger partial charge in [-0.05, 0) is 40.5 Å². The molecule has 5 nitrogen and oxygen atoms in total. The van der Waals surface area contributed by atoms with E-state index in [0.717, 1.165) is 10.0 Å². The number of halogens is 1. The molecule has 98 valence electrons. The number of carbonyl (C=O) groups is 2. The molecule has 0 saturated heterocycles. The summed E-state index contributed by atoms with van der Waals surface area (Å²) in [5, 5.41) is 2.48. The van der Waals surface area contributed by atoms with Gasteiger partial charge in [0.1, 0.15) is 12.3 Å². The maximum Gasteiger partial charge on any atom is 0.325 e. The summed E-state index contributed by atoms with van der Waals surface area (Å²) in [4.78, 5) is 22.8. The normalized spacial score (nSPS) is 9.78. The van der Waals surface area contributed by atoms with Crippen LogP contribution in [-0.2, 0) is 9.53 Å². The molecule has 0 saturated carbocycles. The van der Waals surface area contributed by atoms with Crippen molar-refractivity contribution in [3.63, 3.8) is 0 Å². The van der Waals surface area contributed by atoms with Crippen LogP contribution in [0.1, 0.15) is 15.9 Å². The number of benzene rings is 1. The van der Waals surface area contributed by atoms with Crippen molar-refractivity contribution in [2.75, 3.05) is 20.8 Å². The lowest BCUT2D eigenvalue weighted by atomic mass is 10.1. The van der Waals surface area contributed by atoms with Gasteiger partial charge >= 0.3 is 5.97 Å². The standard InChI is InChI=1S/C12H14BrNO4/c1-7-4-9(13)10(17-2)5-8(7)12(16)14-6-11(15)18-3/h4-5H,6H2,1-3H3,(H,14,16). The van der Waals surface area contributed by atoms with Gasteiger partial charge in [-0.1, -0.05) is 0 Å². The predicted octanol–water partition coefficient (Wildman–Crippen LogP) is 1.67. The van der Waals surface area contributed by atoms with Gasteiger partial charge in [0.05, 0.1) is 18.7 Å². The molecule has 0 aliphatic heterocycles. The largest absolute Gasteiger partial charge is 0.496 e. The summed E-state index contributed by atoms with van der Waals surface area (Å²) in [5.74, 6) is -0.280. The highest BCUT2D eigenvalue weighted by atomic mass is 79.9. The third kappa shape index (κ3) is 3.46. The highest BCUT2D eigenvalue weighted by Gasteiger charge is 2.13. The van der Waals surface area contributed by atoms with Gasteiger partial charge in [0.25, 0.3) is 5.91 Å². The van der Waals surface area contributed by atoms with Gasteiger partial charge in [0, 0.05) is 5.56 Å². The second-order valence-corrected chi connectivity index (χ2v) is 4.41. The van der Waals surface area contributed by atoms with E-state index in [4.69, 9.17) is 4.74 Å². The number of methoxy groups -OCH3 is 2. The van der Waals surface area contributed by atoms with Crippen LogP contribution in [0, 0.1) is 6.92 Å². The Morgan fingerprint density at radius 3 is 2.56 bits per heavy atom. The summed E-state index contributed by atoms with van der Waals surface area (Å²) in [6.07, 6.45) is 0. The molecule has 18 heavy (non-hydrogen) atoms. The topological polar surface area (TPSA) is 64.6 Å². The summed E-state index contributed by atoms with van der Waals surface area (Å²) in [7, 11) is 2.79. The van der Waals surface area contributed by atoms with Crippen molar-refractivity contribution in [1.29, 1.82) is 0 Å². The van der Waals surface area contributed by atoms with Crippen molar-refractivity contribution < 1.29 is 19.1 Å². The number of hydrogen-bond donors (Lipinski definition) is 1. The van der Waals surface area contributed by atoms with Crippen LogP contribution >= 0.6 is 15.9 Å². The number of aryl methyl sites for hydroxylation is 1. The zero-order chi connectivity index (χ0) is 13.7. The molecule has 0 radical (unpaired) electrons. The molecule has 1 amide bonds. The second-order valence-electron chi connectivity index (χ2n) is 3.56. The van der Waals surface area contributed by atoms with E-state index < -0.39 is 5.97 Å². The quantitative estimate of drug-likeness (QED) is 0.858. The number of hydrogen-bond acceptors (Lipinski definition) is 4. The smallest absolute Gasteiger partial charge is 0.325 e. The summed E-state index contributed by atoms with van der Waals surface area (Å²) in [6, 6.07) is 3.40. The molecule has 1 rings (SSSR count). The number of rotatable bonds is 4. The average Bonchev–Trinajstić information content (AvgIpc) is 2.35. The van der Waals surface area contributed by atoms with E-state index >= 15 is 0 Å². The maximum absolute atomic E-state index is 11.9. The van der Waals surface area contributed by atoms with E-state index in [1.165, 1.54) is 14.2 Å². The maximum atomic E-state index is 11.9. The highest BCUT2D eigenvalue weighted by Crippen LogP contribution is 2.28. The third-order valence-electron chi connectivity index (χ3n) is 2.36. The Morgan fingerprint density at radius 2 is 2.00 bits per heavy atom. The van der Waals surface area contributed by atoms with Gasteiger partial charge < -0.3 is 14.8 Å². The molecule has 1 N–H and O–H groups in total. The molecule has 0 bridgehead atoms. The van der Waals surface area contributed by atoms with Gasteiger partial charge in [-0.2, -0.15) is 0 Å². The van der Waals surface area contributed by atoms with Crippen molar-refractivity contribution in [2.24, 2.45) is 0 Å². The lowest BCUT2D eigenvalue weighted by molar-refractivity contribution is -0.139. The van der Waals surface area contributed by atoms with E-state index in [0.29, 0.717) is 11.3 Å². The van der Waals surface area contributed by atoms with E-state index in [-0.39, 0.29) is 12.5 Å². The molecule has 0 unspecified atom stereocenters. The minimum absolute atomic E-state index is 0.160. The van der Waals surface area contributed by atoms with Crippen LogP contribution in [0.2, 0.25) is 0 Å². The van der Waals surface area contributed by atoms with Crippen LogP contribution in [0.4, 0.5) is 0 Å². The lowest BCUT2D eigenvalue weighted by Gasteiger charge is -2.10. The summed E-state index contributed by atoms with van der Waals surface area (Å²) in [6.45, 7) is 1.64. The SMILES string of the molecule is COC(=O)CNC(=O)c1cc(OC)c(Br)cc1C. The minimum Gasteiger partial charge on any atom is -0.496 e. The Labute approximate surface area is 114 Å². The Kier molecular flexibility index (Phi) is 5.15. The molecule has 6 heteroatoms. The molecule has 0 heterocycles. The molecule has 0 aromatic heterocycles. The van der Waals surface area contributed by atoms with Crippen LogP contribution in [0.5, 0.6) is 5.75 Å². The molecule has 0 spiro atoms. The van der Waals surface area contributed by atoms with Crippen LogP contribution in [-0.4, -0.2) is 32.6 Å². The number of nitrogens with one attached hydrogen (secondary N) is 1. The molecule has 1 aromatic carbocycles. The van der Waals surface area contributed by atoms with Crippen LogP contribution in [0.15, 0.2) is 16.6 Å². The first-order valence-corrected chi connectivity index (χ1v) is 5.98. The van der Waals surface area contributed by atoms with Gasteiger partial charge in [-0.25, -0.2) is 0 Å². The van der Waals surface area contributed by atoms with Crippen molar-refractivity contribution in [3.05, 3.63) is 27.7 Å². The zero-order valence-electron chi connectivity index (χ0n) is 10.4. The average molecular weight is 316 g/mol. The molecule has 0 atom stereocenters. The predicted molar refractivity (Wildman–Crippen MR) is 69.8 cm³/mol. The highest BCUT2D eigenvalue weighted by molar-refractivity contribution is 9.10. The van der Waals surface area contributed by atoms with Gasteiger partial charge in [0.2, 0.25) is 0 Å². The van der Waals surface area contributed by atoms with Gasteiger partial charge in [-0.15, -0.1) is 0 Å². The molecule has 0 aliphatic rings. The second kappa shape index (κ2) is 6.39. The van der Waals surface area contributed by atoms with Crippen molar-refractivity contribution in [1.82, 2.24) is 5.32 Å². The fourth-order valence-electron chi connectivity index (χ4n) is 1.37. The number of carbonyl (C=O) groups excluding carboxylic acids is 2. The first kappa shape index (κ1) is 14.5. The van der Waals surface area contributed by atoms with Crippen LogP contribution in [0.25, 0.3) is 0 Å². The van der Waals surface area contributed by atoms with Gasteiger partial charge in [0.15, 0.2) is 0 Å². The van der Waals surface area contributed by atoms with E-state index in [2.05, 4.69) is 26.0 Å². The first-order chi connectivity index (χ1) is 8.49. The van der Waals surface area contributed by atoms with E-state index in [1.54, 1.807) is 19.1 Å². The first-order valence-electron chi connectivity index (χ1n) is 5.18. The Bertz CT molecular complexity index is 473. The molecular weight excluding hydrogens is 302 g/mol. The van der Waals surface area contributed by atoms with Crippen LogP contribution in [0.3, 0.4) is 0 Å². The zero-order valence-corrected chi connectivity index (χ0v) is 12.0. The Morgan fingerprint density at radius 1 is 1.33 bits per heavy atom. The third-order valence-corrected chi connectivity index (χ3v) is 2.98. The summed E-state index contributed by atoms with van der Waals surface area (Å²) in [5.41, 5.74) is 1.24. The fraction of sp³-hybridized carbons (Fsp3) is 0.333. The Balaban J connectivity index is 2.88. The number of esters is 1. The van der Waals surface area contributed by atoms with Gasteiger partial charge in [-0.3, -0.25) is 9.59 Å². The summed E-state index contributed by atoms with van der Waals surface area (Å²) >= 11 is 3.33. The van der Waals surface area contributed by atoms with Crippen LogP contribution < -0.4 is 10.1 Å². The molecule has 0 fully saturated rings. The summed E-state index contributed by atoms with van der Waals surface area (Å²) < 4.78 is 10.3. The van der Waals surface area contributed by atoms with Crippen molar-refractivity contribution in [3.8, 4) is 5.75 Å². The minimum atomic E-state index is -0.495. The monoisotopic (exact) mass is 315 g/mol. The molecular formula is C12H14BrNO4. The van der Waals surface area contributed by atoms with E-state index in [9.17, 15) is 9.59 Å².